The van der Waals surface area contributed by atoms with E-state index in [-0.39, 0.29) is 0 Å². The van der Waals surface area contributed by atoms with Gasteiger partial charge in [-0.3, -0.25) is 0 Å². The summed E-state index contributed by atoms with van der Waals surface area (Å²) in [5.74, 6) is 4.73. The van der Waals surface area contributed by atoms with E-state index in [4.69, 9.17) is 5.73 Å². The molecular weight excluding hydrogens is 216 g/mol. The molecule has 4 bridgehead atoms. The van der Waals surface area contributed by atoms with Crippen LogP contribution >= 0.6 is 11.3 Å². The van der Waals surface area contributed by atoms with Crippen LogP contribution in [0.5, 0.6) is 0 Å². The van der Waals surface area contributed by atoms with Crippen LogP contribution in [0.2, 0.25) is 0 Å². The minimum Gasteiger partial charge on any atom is -0.389 e. The van der Waals surface area contributed by atoms with E-state index in [1.807, 2.05) is 6.20 Å². The Balaban J connectivity index is 1.69. The number of nitrogens with two attached hydrogens (primary N) is 1. The molecule has 86 valence electrons. The zero-order valence-electron chi connectivity index (χ0n) is 9.43. The Morgan fingerprint density at radius 2 is 1.69 bits per heavy atom. The number of rotatable bonds is 1. The predicted octanol–water partition coefficient (Wildman–Crippen LogP) is 3.27. The number of aromatic nitrogens is 1. The fraction of sp³-hybridized carbons (Fsp3) is 0.769. The van der Waals surface area contributed by atoms with E-state index in [9.17, 15) is 0 Å². The van der Waals surface area contributed by atoms with E-state index in [0.29, 0.717) is 0 Å². The number of nitrogen functional groups attached to an aromatic ring is 1. The van der Waals surface area contributed by atoms with Crippen LogP contribution in [0.3, 0.4) is 0 Å². The maximum Gasteiger partial charge on any atom is 0.106 e. The van der Waals surface area contributed by atoms with E-state index in [2.05, 4.69) is 4.98 Å². The van der Waals surface area contributed by atoms with Crippen LogP contribution in [0.15, 0.2) is 6.20 Å². The molecule has 0 aliphatic heterocycles. The van der Waals surface area contributed by atoms with Crippen molar-refractivity contribution < 1.29 is 0 Å². The summed E-state index contributed by atoms with van der Waals surface area (Å²) in [5, 5.41) is 2.23. The fourth-order valence-corrected chi connectivity index (χ4v) is 5.76. The van der Waals surface area contributed by atoms with Crippen molar-refractivity contribution in [2.45, 2.75) is 38.0 Å². The lowest BCUT2D eigenvalue weighted by Gasteiger charge is -2.53. The first kappa shape index (κ1) is 9.46. The van der Waals surface area contributed by atoms with Gasteiger partial charge in [-0.15, -0.1) is 11.3 Å². The lowest BCUT2D eigenvalue weighted by Crippen LogP contribution is -2.43. The summed E-state index contributed by atoms with van der Waals surface area (Å²) in [6.07, 6.45) is 9.26. The summed E-state index contributed by atoms with van der Waals surface area (Å²) in [6, 6.07) is 0. The summed E-state index contributed by atoms with van der Waals surface area (Å²) in [4.78, 5) is 4.56. The molecule has 1 aromatic rings. The molecular formula is C13H18N2S. The van der Waals surface area contributed by atoms with Crippen LogP contribution in [0.25, 0.3) is 0 Å². The Kier molecular flexibility index (Phi) is 1.90. The van der Waals surface area contributed by atoms with E-state index in [1.165, 1.54) is 37.1 Å². The van der Waals surface area contributed by atoms with Gasteiger partial charge in [0.1, 0.15) is 5.00 Å². The van der Waals surface area contributed by atoms with Gasteiger partial charge in [-0.25, -0.2) is 4.98 Å². The number of thiazole rings is 1. The third-order valence-electron chi connectivity index (χ3n) is 5.05. The van der Waals surface area contributed by atoms with Crippen molar-refractivity contribution in [1.29, 1.82) is 0 Å². The highest BCUT2D eigenvalue weighted by atomic mass is 32.1. The SMILES string of the molecule is Nc1cnc(C2C3CC4CC(C3)CC2C4)s1. The summed E-state index contributed by atoms with van der Waals surface area (Å²) >= 11 is 1.73. The number of anilines is 1. The van der Waals surface area contributed by atoms with E-state index >= 15 is 0 Å². The highest BCUT2D eigenvalue weighted by Gasteiger charge is 2.49. The minimum atomic E-state index is 0.759. The van der Waals surface area contributed by atoms with E-state index in [0.717, 1.165) is 34.6 Å². The Labute approximate surface area is 100 Å². The molecule has 0 unspecified atom stereocenters. The molecule has 16 heavy (non-hydrogen) atoms. The van der Waals surface area contributed by atoms with Gasteiger partial charge in [0.05, 0.1) is 11.2 Å². The molecule has 4 aliphatic rings. The van der Waals surface area contributed by atoms with Crippen LogP contribution in [-0.4, -0.2) is 4.98 Å². The van der Waals surface area contributed by atoms with Crippen molar-refractivity contribution in [3.8, 4) is 0 Å². The molecule has 4 aliphatic carbocycles. The highest BCUT2D eigenvalue weighted by molar-refractivity contribution is 7.15. The van der Waals surface area contributed by atoms with Gasteiger partial charge in [0, 0.05) is 5.92 Å². The van der Waals surface area contributed by atoms with Crippen LogP contribution in [0.1, 0.15) is 43.0 Å². The number of nitrogens with zero attached hydrogens (tertiary/aromatic N) is 1. The first-order chi connectivity index (χ1) is 7.79. The van der Waals surface area contributed by atoms with Crippen LogP contribution in [0, 0.1) is 23.7 Å². The molecule has 0 atom stereocenters. The predicted molar refractivity (Wildman–Crippen MR) is 66.3 cm³/mol. The third kappa shape index (κ3) is 1.27. The standard InChI is InChI=1S/C13H18N2S/c14-11-6-15-13(16-11)12-9-2-7-1-8(4-9)5-10(12)3-7/h6-10,12H,1-5,14H2. The summed E-state index contributed by atoms with van der Waals surface area (Å²) in [5.41, 5.74) is 5.83. The zero-order valence-corrected chi connectivity index (χ0v) is 10.2. The van der Waals surface area contributed by atoms with Gasteiger partial charge < -0.3 is 5.73 Å². The lowest BCUT2D eigenvalue weighted by molar-refractivity contribution is -0.00283. The van der Waals surface area contributed by atoms with Crippen molar-refractivity contribution in [2.24, 2.45) is 23.7 Å². The quantitative estimate of drug-likeness (QED) is 0.810. The molecule has 2 nitrogen and oxygen atoms in total. The van der Waals surface area contributed by atoms with Crippen molar-refractivity contribution in [2.75, 3.05) is 5.73 Å². The molecule has 4 saturated carbocycles. The van der Waals surface area contributed by atoms with Gasteiger partial charge in [-0.1, -0.05) is 0 Å². The summed E-state index contributed by atoms with van der Waals surface area (Å²) in [7, 11) is 0. The van der Waals surface area contributed by atoms with Crippen LogP contribution in [-0.2, 0) is 0 Å². The third-order valence-corrected chi connectivity index (χ3v) is 5.98. The molecule has 0 spiro atoms. The number of hydrogen-bond acceptors (Lipinski definition) is 3. The number of hydrogen-bond donors (Lipinski definition) is 1. The van der Waals surface area contributed by atoms with Gasteiger partial charge in [-0.05, 0) is 55.8 Å². The van der Waals surface area contributed by atoms with Crippen LogP contribution < -0.4 is 5.73 Å². The largest absolute Gasteiger partial charge is 0.389 e. The van der Waals surface area contributed by atoms with Crippen molar-refractivity contribution >= 4 is 16.3 Å². The molecule has 4 fully saturated rings. The van der Waals surface area contributed by atoms with E-state index < -0.39 is 0 Å². The van der Waals surface area contributed by atoms with E-state index in [1.54, 1.807) is 11.3 Å². The first-order valence-electron chi connectivity index (χ1n) is 6.51. The topological polar surface area (TPSA) is 38.9 Å². The van der Waals surface area contributed by atoms with Gasteiger partial charge in [0.25, 0.3) is 0 Å². The van der Waals surface area contributed by atoms with Crippen LogP contribution in [0.4, 0.5) is 5.00 Å². The van der Waals surface area contributed by atoms with Gasteiger partial charge >= 0.3 is 0 Å². The van der Waals surface area contributed by atoms with Gasteiger partial charge in [0.2, 0.25) is 0 Å². The average molecular weight is 234 g/mol. The normalized spacial score (nSPS) is 45.1. The highest BCUT2D eigenvalue weighted by Crippen LogP contribution is 2.60. The maximum absolute atomic E-state index is 5.83. The zero-order chi connectivity index (χ0) is 10.7. The first-order valence-corrected chi connectivity index (χ1v) is 7.32. The lowest BCUT2D eigenvalue weighted by atomic mass is 9.52. The minimum absolute atomic E-state index is 0.759. The summed E-state index contributed by atoms with van der Waals surface area (Å²) < 4.78 is 0. The van der Waals surface area contributed by atoms with Gasteiger partial charge in [-0.2, -0.15) is 0 Å². The van der Waals surface area contributed by atoms with Crippen molar-refractivity contribution in [3.63, 3.8) is 0 Å². The molecule has 0 saturated heterocycles. The van der Waals surface area contributed by atoms with Crippen molar-refractivity contribution in [3.05, 3.63) is 11.2 Å². The summed E-state index contributed by atoms with van der Waals surface area (Å²) in [6.45, 7) is 0. The van der Waals surface area contributed by atoms with Gasteiger partial charge in [0.15, 0.2) is 0 Å². The molecule has 3 heteroatoms. The second-order valence-electron chi connectivity index (χ2n) is 6.06. The second-order valence-corrected chi connectivity index (χ2v) is 7.15. The molecule has 2 N–H and O–H groups in total. The second kappa shape index (κ2) is 3.22. The Bertz CT molecular complexity index is 384. The molecule has 0 aromatic carbocycles. The Hall–Kier alpha value is -0.570. The smallest absolute Gasteiger partial charge is 0.106 e. The molecule has 0 radical (unpaired) electrons. The molecule has 0 amide bonds. The van der Waals surface area contributed by atoms with Crippen molar-refractivity contribution in [1.82, 2.24) is 4.98 Å². The monoisotopic (exact) mass is 234 g/mol. The maximum atomic E-state index is 5.83. The Morgan fingerprint density at radius 3 is 2.19 bits per heavy atom. The molecule has 1 heterocycles. The molecule has 5 rings (SSSR count). The Morgan fingerprint density at radius 1 is 1.06 bits per heavy atom. The average Bonchev–Trinajstić information content (AvgIpc) is 2.63. The fourth-order valence-electron chi connectivity index (χ4n) is 4.78. The molecule has 1 aromatic heterocycles.